The third-order valence-corrected chi connectivity index (χ3v) is 1.49. The Hall–Kier alpha value is -1.79. The van der Waals surface area contributed by atoms with Crippen molar-refractivity contribution in [3.05, 3.63) is 5.82 Å². The second kappa shape index (κ2) is 2.92. The molecule has 2 rings (SSSR count). The van der Waals surface area contributed by atoms with Gasteiger partial charge in [0.15, 0.2) is 5.82 Å². The lowest BCUT2D eigenvalue weighted by Gasteiger charge is -1.91. The molecule has 0 aliphatic rings. The third-order valence-electron chi connectivity index (χ3n) is 1.49. The average Bonchev–Trinajstić information content (AvgIpc) is 2.75. The fraction of sp³-hybridized carbons (Fsp3) is 0.500. The summed E-state index contributed by atoms with van der Waals surface area (Å²) >= 11 is 0. The third kappa shape index (κ3) is 1.40. The molecule has 0 spiro atoms. The maximum atomic E-state index is 4.92. The molecule has 2 aromatic heterocycles. The van der Waals surface area contributed by atoms with Crippen LogP contribution in [0.5, 0.6) is 0 Å². The van der Waals surface area contributed by atoms with Gasteiger partial charge in [-0.3, -0.25) is 0 Å². The molecular weight excluding hydrogens is 172 g/mol. The first-order chi connectivity index (χ1) is 6.27. The number of nitrogens with one attached hydrogen (secondary N) is 1. The molecule has 0 aliphatic heterocycles. The number of rotatable bonds is 2. The van der Waals surface area contributed by atoms with E-state index in [-0.39, 0.29) is 11.8 Å². The number of aromatic amines is 1. The number of hydrogen-bond donors (Lipinski definition) is 1. The van der Waals surface area contributed by atoms with E-state index in [0.29, 0.717) is 11.6 Å². The Morgan fingerprint density at radius 2 is 2.23 bits per heavy atom. The van der Waals surface area contributed by atoms with E-state index in [0.717, 1.165) is 0 Å². The van der Waals surface area contributed by atoms with Gasteiger partial charge in [-0.25, -0.2) is 0 Å². The zero-order valence-electron chi connectivity index (χ0n) is 7.22. The molecule has 1 N–H and O–H groups in total. The van der Waals surface area contributed by atoms with Crippen molar-refractivity contribution in [2.45, 2.75) is 19.8 Å². The largest absolute Gasteiger partial charge is 0.330 e. The van der Waals surface area contributed by atoms with Crippen LogP contribution in [-0.4, -0.2) is 30.8 Å². The highest BCUT2D eigenvalue weighted by Gasteiger charge is 2.14. The van der Waals surface area contributed by atoms with Gasteiger partial charge in [0.05, 0.1) is 0 Å². The topological polar surface area (TPSA) is 93.4 Å². The van der Waals surface area contributed by atoms with Gasteiger partial charge in [0.1, 0.15) is 0 Å². The van der Waals surface area contributed by atoms with E-state index in [1.165, 1.54) is 0 Å². The first-order valence-corrected chi connectivity index (χ1v) is 3.85. The number of aromatic nitrogens is 6. The SMILES string of the molecule is CC(C)c1noc(-c2nn[nH]n2)n1. The Morgan fingerprint density at radius 3 is 2.77 bits per heavy atom. The van der Waals surface area contributed by atoms with Crippen molar-refractivity contribution < 1.29 is 4.52 Å². The van der Waals surface area contributed by atoms with Gasteiger partial charge in [-0.1, -0.05) is 19.0 Å². The van der Waals surface area contributed by atoms with Gasteiger partial charge < -0.3 is 4.52 Å². The summed E-state index contributed by atoms with van der Waals surface area (Å²) in [6.45, 7) is 3.95. The Morgan fingerprint density at radius 1 is 1.38 bits per heavy atom. The molecule has 2 aromatic rings. The summed E-state index contributed by atoms with van der Waals surface area (Å²) in [5.41, 5.74) is 0. The highest BCUT2D eigenvalue weighted by molar-refractivity contribution is 5.36. The van der Waals surface area contributed by atoms with Crippen LogP contribution in [0.4, 0.5) is 0 Å². The van der Waals surface area contributed by atoms with Gasteiger partial charge >= 0.3 is 0 Å². The van der Waals surface area contributed by atoms with Crippen molar-refractivity contribution in [3.8, 4) is 11.7 Å². The van der Waals surface area contributed by atoms with Crippen molar-refractivity contribution in [2.75, 3.05) is 0 Å². The van der Waals surface area contributed by atoms with Crippen LogP contribution in [0.1, 0.15) is 25.6 Å². The van der Waals surface area contributed by atoms with Gasteiger partial charge in [0.2, 0.25) is 0 Å². The molecule has 0 atom stereocenters. The van der Waals surface area contributed by atoms with Gasteiger partial charge in [0.25, 0.3) is 11.7 Å². The predicted octanol–water partition coefficient (Wildman–Crippen LogP) is 0.373. The second-order valence-corrected chi connectivity index (χ2v) is 2.85. The molecular formula is C6H8N6O. The molecule has 0 aliphatic carbocycles. The van der Waals surface area contributed by atoms with Crippen molar-refractivity contribution >= 4 is 0 Å². The van der Waals surface area contributed by atoms with E-state index in [2.05, 4.69) is 30.8 Å². The smallest absolute Gasteiger partial charge is 0.299 e. The molecule has 0 unspecified atom stereocenters. The van der Waals surface area contributed by atoms with Crippen molar-refractivity contribution in [1.29, 1.82) is 0 Å². The van der Waals surface area contributed by atoms with Gasteiger partial charge in [-0.2, -0.15) is 10.2 Å². The molecule has 2 heterocycles. The summed E-state index contributed by atoms with van der Waals surface area (Å²) in [6.07, 6.45) is 0. The zero-order valence-corrected chi connectivity index (χ0v) is 7.22. The minimum Gasteiger partial charge on any atom is -0.330 e. The maximum Gasteiger partial charge on any atom is 0.299 e. The Labute approximate surface area is 73.5 Å². The zero-order chi connectivity index (χ0) is 9.26. The number of nitrogens with zero attached hydrogens (tertiary/aromatic N) is 5. The molecule has 0 amide bonds. The van der Waals surface area contributed by atoms with E-state index in [4.69, 9.17) is 4.52 Å². The van der Waals surface area contributed by atoms with Crippen molar-refractivity contribution in [3.63, 3.8) is 0 Å². The normalized spacial score (nSPS) is 11.0. The molecule has 0 aromatic carbocycles. The number of hydrogen-bond acceptors (Lipinski definition) is 6. The average molecular weight is 180 g/mol. The molecule has 0 saturated heterocycles. The summed E-state index contributed by atoms with van der Waals surface area (Å²) in [7, 11) is 0. The Bertz CT molecular complexity index is 377. The van der Waals surface area contributed by atoms with Crippen LogP contribution >= 0.6 is 0 Å². The van der Waals surface area contributed by atoms with Crippen LogP contribution < -0.4 is 0 Å². The van der Waals surface area contributed by atoms with E-state index in [1.807, 2.05) is 13.8 Å². The number of H-pyrrole nitrogens is 1. The molecule has 0 fully saturated rings. The number of tetrazole rings is 1. The monoisotopic (exact) mass is 180 g/mol. The molecule has 13 heavy (non-hydrogen) atoms. The predicted molar refractivity (Wildman–Crippen MR) is 41.6 cm³/mol. The van der Waals surface area contributed by atoms with Crippen LogP contribution in [0.15, 0.2) is 4.52 Å². The molecule has 7 heteroatoms. The van der Waals surface area contributed by atoms with Crippen LogP contribution in [0, 0.1) is 0 Å². The van der Waals surface area contributed by atoms with Gasteiger partial charge in [0, 0.05) is 5.92 Å². The first-order valence-electron chi connectivity index (χ1n) is 3.85. The lowest BCUT2D eigenvalue weighted by Crippen LogP contribution is -1.89. The standard InChI is InChI=1S/C6H8N6O/c1-3(2)4-7-6(13-10-4)5-8-11-12-9-5/h3H,1-2H3,(H,8,9,11,12). The molecule has 0 bridgehead atoms. The quantitative estimate of drug-likeness (QED) is 0.717. The van der Waals surface area contributed by atoms with Crippen LogP contribution in [0.3, 0.4) is 0 Å². The minimum absolute atomic E-state index is 0.226. The molecule has 0 saturated carbocycles. The van der Waals surface area contributed by atoms with Gasteiger partial charge in [-0.05, 0) is 5.21 Å². The van der Waals surface area contributed by atoms with E-state index in [9.17, 15) is 0 Å². The van der Waals surface area contributed by atoms with Crippen LogP contribution in [0.2, 0.25) is 0 Å². The second-order valence-electron chi connectivity index (χ2n) is 2.85. The summed E-state index contributed by atoms with van der Waals surface area (Å²) in [5.74, 6) is 1.47. The Balaban J connectivity index is 2.33. The van der Waals surface area contributed by atoms with E-state index >= 15 is 0 Å². The molecule has 68 valence electrons. The minimum atomic E-state index is 0.226. The van der Waals surface area contributed by atoms with E-state index in [1.54, 1.807) is 0 Å². The van der Waals surface area contributed by atoms with Crippen LogP contribution in [0.25, 0.3) is 11.7 Å². The fourth-order valence-electron chi connectivity index (χ4n) is 0.813. The lowest BCUT2D eigenvalue weighted by atomic mass is 10.2. The first kappa shape index (κ1) is 7.84. The maximum absolute atomic E-state index is 4.92. The van der Waals surface area contributed by atoms with Gasteiger partial charge in [-0.15, -0.1) is 10.2 Å². The summed E-state index contributed by atoms with van der Waals surface area (Å²) in [6, 6.07) is 0. The lowest BCUT2D eigenvalue weighted by molar-refractivity contribution is 0.417. The van der Waals surface area contributed by atoms with Crippen molar-refractivity contribution in [2.24, 2.45) is 0 Å². The summed E-state index contributed by atoms with van der Waals surface area (Å²) in [5, 5.41) is 16.9. The molecule has 7 nitrogen and oxygen atoms in total. The highest BCUT2D eigenvalue weighted by atomic mass is 16.5. The summed E-state index contributed by atoms with van der Waals surface area (Å²) in [4.78, 5) is 4.09. The molecule has 0 radical (unpaired) electrons. The summed E-state index contributed by atoms with van der Waals surface area (Å²) < 4.78 is 4.92. The fourth-order valence-corrected chi connectivity index (χ4v) is 0.813. The van der Waals surface area contributed by atoms with Crippen LogP contribution in [-0.2, 0) is 0 Å². The highest BCUT2D eigenvalue weighted by Crippen LogP contribution is 2.14. The van der Waals surface area contributed by atoms with Crippen molar-refractivity contribution in [1.82, 2.24) is 30.8 Å². The Kier molecular flexibility index (Phi) is 1.76. The van der Waals surface area contributed by atoms with E-state index < -0.39 is 0 Å².